The van der Waals surface area contributed by atoms with Crippen molar-refractivity contribution in [1.82, 2.24) is 19.0 Å². The number of carbonyl (C=O) groups is 1. The van der Waals surface area contributed by atoms with Gasteiger partial charge in [0, 0.05) is 33.2 Å². The largest absolute Gasteiger partial charge is 0.454 e. The molecule has 10 heteroatoms. The van der Waals surface area contributed by atoms with Crippen LogP contribution < -0.4 is 9.47 Å². The Morgan fingerprint density at radius 2 is 1.87 bits per heavy atom. The second kappa shape index (κ2) is 7.92. The van der Waals surface area contributed by atoms with Crippen LogP contribution in [-0.2, 0) is 28.3 Å². The summed E-state index contributed by atoms with van der Waals surface area (Å²) in [6.07, 6.45) is 0.828. The molecular weight excluding hydrogens is 408 g/mol. The molecule has 0 radical (unpaired) electrons. The summed E-state index contributed by atoms with van der Waals surface area (Å²) < 4.78 is 40.2. The maximum absolute atomic E-state index is 13.2. The molecular formula is C20H26N4O5S. The summed E-state index contributed by atoms with van der Waals surface area (Å²) in [4.78, 5) is 14.8. The van der Waals surface area contributed by atoms with Gasteiger partial charge in [0.1, 0.15) is 4.90 Å². The molecule has 30 heavy (non-hydrogen) atoms. The first-order valence-electron chi connectivity index (χ1n) is 9.94. The van der Waals surface area contributed by atoms with Gasteiger partial charge in [-0.1, -0.05) is 6.07 Å². The van der Waals surface area contributed by atoms with Crippen molar-refractivity contribution in [3.05, 3.63) is 35.2 Å². The van der Waals surface area contributed by atoms with E-state index in [1.165, 1.54) is 4.31 Å². The number of sulfonamides is 1. The Morgan fingerprint density at radius 1 is 1.10 bits per heavy atom. The van der Waals surface area contributed by atoms with Gasteiger partial charge in [-0.25, -0.2) is 8.42 Å². The lowest BCUT2D eigenvalue weighted by Gasteiger charge is -2.22. The van der Waals surface area contributed by atoms with Crippen LogP contribution in [0, 0.1) is 13.8 Å². The highest BCUT2D eigenvalue weighted by Gasteiger charge is 2.32. The second-order valence-corrected chi connectivity index (χ2v) is 9.50. The van der Waals surface area contributed by atoms with Gasteiger partial charge in [-0.15, -0.1) is 0 Å². The van der Waals surface area contributed by atoms with Crippen molar-refractivity contribution in [1.29, 1.82) is 0 Å². The van der Waals surface area contributed by atoms with Crippen LogP contribution in [0.15, 0.2) is 23.1 Å². The summed E-state index contributed by atoms with van der Waals surface area (Å²) in [5.41, 5.74) is 1.96. The van der Waals surface area contributed by atoms with Crippen LogP contribution in [0.1, 0.15) is 23.4 Å². The number of ether oxygens (including phenoxy) is 2. The average Bonchev–Trinajstić information content (AvgIpc) is 3.14. The van der Waals surface area contributed by atoms with E-state index in [0.29, 0.717) is 48.9 Å². The van der Waals surface area contributed by atoms with Gasteiger partial charge in [-0.3, -0.25) is 9.48 Å². The van der Waals surface area contributed by atoms with Gasteiger partial charge in [-0.05, 0) is 38.0 Å². The second-order valence-electron chi connectivity index (χ2n) is 7.63. The van der Waals surface area contributed by atoms with Crippen LogP contribution in [0.2, 0.25) is 0 Å². The number of rotatable bonds is 4. The fourth-order valence-electron chi connectivity index (χ4n) is 3.98. The van der Waals surface area contributed by atoms with E-state index in [4.69, 9.17) is 9.47 Å². The highest BCUT2D eigenvalue weighted by Crippen LogP contribution is 2.32. The lowest BCUT2D eigenvalue weighted by molar-refractivity contribution is -0.130. The molecule has 0 spiro atoms. The molecule has 1 saturated heterocycles. The number of amides is 1. The first-order chi connectivity index (χ1) is 14.3. The summed E-state index contributed by atoms with van der Waals surface area (Å²) in [5, 5.41) is 4.24. The molecule has 2 aliphatic heterocycles. The van der Waals surface area contributed by atoms with Crippen LogP contribution >= 0.6 is 0 Å². The number of fused-ring (bicyclic) bond motifs is 1. The molecule has 3 heterocycles. The van der Waals surface area contributed by atoms with E-state index in [-0.39, 0.29) is 30.6 Å². The lowest BCUT2D eigenvalue weighted by Crippen LogP contribution is -2.38. The molecule has 0 aliphatic carbocycles. The molecule has 0 saturated carbocycles. The predicted molar refractivity (Wildman–Crippen MR) is 109 cm³/mol. The third kappa shape index (κ3) is 3.77. The number of aromatic nitrogens is 2. The zero-order valence-electron chi connectivity index (χ0n) is 17.4. The topological polar surface area (TPSA) is 94.0 Å². The number of hydrogen-bond donors (Lipinski definition) is 0. The van der Waals surface area contributed by atoms with Crippen LogP contribution in [0.3, 0.4) is 0 Å². The Balaban J connectivity index is 1.44. The first kappa shape index (κ1) is 20.7. The molecule has 1 amide bonds. The molecule has 1 aromatic carbocycles. The summed E-state index contributed by atoms with van der Waals surface area (Å²) in [7, 11) is -1.92. The van der Waals surface area contributed by atoms with Gasteiger partial charge in [0.2, 0.25) is 22.7 Å². The van der Waals surface area contributed by atoms with Gasteiger partial charge in [0.25, 0.3) is 0 Å². The number of hydrogen-bond acceptors (Lipinski definition) is 6. The molecule has 2 aromatic rings. The summed E-state index contributed by atoms with van der Waals surface area (Å²) in [6, 6.07) is 5.48. The van der Waals surface area contributed by atoms with Crippen molar-refractivity contribution in [2.24, 2.45) is 7.05 Å². The SMILES string of the molecule is Cc1nn(C)c(C)c1S(=O)(=O)N1CCCN(C(=O)Cc2ccc3c(c2)OCO3)CC1. The lowest BCUT2D eigenvalue weighted by atomic mass is 10.1. The Bertz CT molecular complexity index is 1080. The van der Waals surface area contributed by atoms with Gasteiger partial charge >= 0.3 is 0 Å². The minimum Gasteiger partial charge on any atom is -0.454 e. The minimum absolute atomic E-state index is 0.0261. The van der Waals surface area contributed by atoms with Gasteiger partial charge in [0.15, 0.2) is 11.5 Å². The summed E-state index contributed by atoms with van der Waals surface area (Å²) in [5.74, 6) is 1.31. The normalized spacial score (nSPS) is 17.2. The quantitative estimate of drug-likeness (QED) is 0.719. The van der Waals surface area contributed by atoms with Crippen molar-refractivity contribution < 1.29 is 22.7 Å². The van der Waals surface area contributed by atoms with Crippen LogP contribution in [0.5, 0.6) is 11.5 Å². The average molecular weight is 435 g/mol. The molecule has 0 bridgehead atoms. The smallest absolute Gasteiger partial charge is 0.246 e. The molecule has 1 aromatic heterocycles. The van der Waals surface area contributed by atoms with Crippen molar-refractivity contribution in [3.8, 4) is 11.5 Å². The highest BCUT2D eigenvalue weighted by atomic mass is 32.2. The zero-order valence-corrected chi connectivity index (χ0v) is 18.2. The molecule has 162 valence electrons. The van der Waals surface area contributed by atoms with Crippen molar-refractivity contribution in [2.45, 2.75) is 31.6 Å². The standard InChI is InChI=1S/C20H26N4O5S/c1-14-20(15(2)22(3)21-14)30(26,27)24-8-4-7-23(9-10-24)19(25)12-16-5-6-17-18(11-16)29-13-28-17/h5-6,11H,4,7-10,12-13H2,1-3H3. The number of carbonyl (C=O) groups excluding carboxylic acids is 1. The maximum atomic E-state index is 13.2. The Hall–Kier alpha value is -2.59. The maximum Gasteiger partial charge on any atom is 0.246 e. The van der Waals surface area contributed by atoms with E-state index in [1.54, 1.807) is 36.5 Å². The van der Waals surface area contributed by atoms with Crippen LogP contribution in [0.4, 0.5) is 0 Å². The van der Waals surface area contributed by atoms with E-state index in [2.05, 4.69) is 5.10 Å². The number of aryl methyl sites for hydroxylation is 2. The van der Waals surface area contributed by atoms with Crippen molar-refractivity contribution in [3.63, 3.8) is 0 Å². The Morgan fingerprint density at radius 3 is 2.60 bits per heavy atom. The zero-order chi connectivity index (χ0) is 21.5. The van der Waals surface area contributed by atoms with Crippen LogP contribution in [0.25, 0.3) is 0 Å². The highest BCUT2D eigenvalue weighted by molar-refractivity contribution is 7.89. The van der Waals surface area contributed by atoms with E-state index in [1.807, 2.05) is 12.1 Å². The number of nitrogens with zero attached hydrogens (tertiary/aromatic N) is 4. The monoisotopic (exact) mass is 434 g/mol. The van der Waals surface area contributed by atoms with Gasteiger partial charge < -0.3 is 14.4 Å². The Kier molecular flexibility index (Phi) is 5.46. The summed E-state index contributed by atoms with van der Waals surface area (Å²) in [6.45, 7) is 5.19. The van der Waals surface area contributed by atoms with Crippen molar-refractivity contribution in [2.75, 3.05) is 33.0 Å². The predicted octanol–water partition coefficient (Wildman–Crippen LogP) is 1.23. The molecule has 2 aliphatic rings. The van der Waals surface area contributed by atoms with Gasteiger partial charge in [-0.2, -0.15) is 9.40 Å². The van der Waals surface area contributed by atoms with E-state index >= 15 is 0 Å². The first-order valence-corrected chi connectivity index (χ1v) is 11.4. The third-order valence-corrected chi connectivity index (χ3v) is 7.79. The molecule has 0 atom stereocenters. The minimum atomic E-state index is -3.66. The van der Waals surface area contributed by atoms with E-state index in [0.717, 1.165) is 5.56 Å². The Labute approximate surface area is 176 Å². The molecule has 1 fully saturated rings. The van der Waals surface area contributed by atoms with Crippen molar-refractivity contribution >= 4 is 15.9 Å². The summed E-state index contributed by atoms with van der Waals surface area (Å²) >= 11 is 0. The van der Waals surface area contributed by atoms with E-state index < -0.39 is 10.0 Å². The fourth-order valence-corrected chi connectivity index (χ4v) is 5.85. The van der Waals surface area contributed by atoms with E-state index in [9.17, 15) is 13.2 Å². The fraction of sp³-hybridized carbons (Fsp3) is 0.500. The third-order valence-electron chi connectivity index (χ3n) is 5.64. The number of benzene rings is 1. The molecule has 0 N–H and O–H groups in total. The molecule has 0 unspecified atom stereocenters. The molecule has 4 rings (SSSR count). The van der Waals surface area contributed by atoms with Gasteiger partial charge in [0.05, 0.1) is 17.8 Å². The van der Waals surface area contributed by atoms with Crippen LogP contribution in [-0.4, -0.2) is 66.3 Å². The molecule has 9 nitrogen and oxygen atoms in total.